The van der Waals surface area contributed by atoms with E-state index in [9.17, 15) is 24.3 Å². The minimum Gasteiger partial charge on any atom is -0.480 e. The molecule has 0 radical (unpaired) electrons. The van der Waals surface area contributed by atoms with Crippen LogP contribution in [0.25, 0.3) is 0 Å². The molecule has 4 unspecified atom stereocenters. The van der Waals surface area contributed by atoms with Crippen molar-refractivity contribution in [2.75, 3.05) is 25.1 Å². The molecule has 0 aromatic rings. The molecule has 0 bridgehead atoms. The molecule has 1 saturated heterocycles. The number of aliphatic carboxylic acids is 1. The zero-order valence-corrected chi connectivity index (χ0v) is 18.6. The second kappa shape index (κ2) is 13.5. The third-order valence-corrected chi connectivity index (χ3v) is 5.74. The number of carboxylic acid groups (broad SMARTS) is 1. The number of carboxylic acids is 1. The predicted molar refractivity (Wildman–Crippen MR) is 116 cm³/mol. The summed E-state index contributed by atoms with van der Waals surface area (Å²) in [5, 5.41) is 14.5. The van der Waals surface area contributed by atoms with Crippen molar-refractivity contribution in [2.24, 2.45) is 11.5 Å². The highest BCUT2D eigenvalue weighted by Gasteiger charge is 2.37. The summed E-state index contributed by atoms with van der Waals surface area (Å²) < 4.78 is 0. The second-order valence-corrected chi connectivity index (χ2v) is 8.48. The number of rotatable bonds is 13. The molecule has 1 heterocycles. The van der Waals surface area contributed by atoms with Crippen LogP contribution >= 0.6 is 11.8 Å². The monoisotopic (exact) mass is 445 g/mol. The van der Waals surface area contributed by atoms with Crippen LogP contribution in [-0.2, 0) is 19.2 Å². The lowest BCUT2D eigenvalue weighted by atomic mass is 10.1. The lowest BCUT2D eigenvalue weighted by Gasteiger charge is -2.28. The first-order valence-corrected chi connectivity index (χ1v) is 11.7. The molecule has 172 valence electrons. The van der Waals surface area contributed by atoms with E-state index in [0.29, 0.717) is 45.2 Å². The lowest BCUT2D eigenvalue weighted by molar-refractivity contribution is -0.144. The fraction of sp³-hybridized carbons (Fsp3) is 0.789. The Morgan fingerprint density at radius 3 is 2.50 bits per heavy atom. The van der Waals surface area contributed by atoms with Crippen molar-refractivity contribution in [1.29, 1.82) is 0 Å². The number of carbonyl (C=O) groups is 4. The molecule has 0 aliphatic carbocycles. The van der Waals surface area contributed by atoms with Gasteiger partial charge in [0.05, 0.1) is 6.04 Å². The number of hydrogen-bond donors (Lipinski definition) is 5. The highest BCUT2D eigenvalue weighted by molar-refractivity contribution is 7.98. The maximum atomic E-state index is 12.8. The van der Waals surface area contributed by atoms with Gasteiger partial charge in [-0.1, -0.05) is 0 Å². The van der Waals surface area contributed by atoms with Gasteiger partial charge in [0.2, 0.25) is 17.7 Å². The first-order chi connectivity index (χ1) is 14.2. The standard InChI is InChI=1S/C19H35N5O5S/c1-12(22-16(25)13(21)8-11-30-2)18(27)24-10-5-7-15(24)17(26)23-14(19(28)29)6-3-4-9-20/h12-15H,3-11,20-21H2,1-2H3,(H,22,25)(H,23,26)(H,28,29). The minimum absolute atomic E-state index is 0.277. The van der Waals surface area contributed by atoms with Gasteiger partial charge in [-0.3, -0.25) is 14.4 Å². The summed E-state index contributed by atoms with van der Waals surface area (Å²) in [6, 6.07) is -3.30. The van der Waals surface area contributed by atoms with E-state index in [4.69, 9.17) is 11.5 Å². The Morgan fingerprint density at radius 1 is 1.20 bits per heavy atom. The molecular formula is C19H35N5O5S. The highest BCUT2D eigenvalue weighted by Crippen LogP contribution is 2.19. The first kappa shape index (κ1) is 26.2. The molecule has 1 fully saturated rings. The summed E-state index contributed by atoms with van der Waals surface area (Å²) in [7, 11) is 0. The van der Waals surface area contributed by atoms with Gasteiger partial charge < -0.3 is 32.1 Å². The summed E-state index contributed by atoms with van der Waals surface area (Å²) in [6.45, 7) is 2.39. The fourth-order valence-electron chi connectivity index (χ4n) is 3.33. The topological polar surface area (TPSA) is 168 Å². The number of unbranched alkanes of at least 4 members (excludes halogenated alkanes) is 1. The first-order valence-electron chi connectivity index (χ1n) is 10.3. The number of thioether (sulfide) groups is 1. The van der Waals surface area contributed by atoms with E-state index in [1.54, 1.807) is 18.7 Å². The average molecular weight is 446 g/mol. The Morgan fingerprint density at radius 2 is 1.90 bits per heavy atom. The van der Waals surface area contributed by atoms with Crippen LogP contribution in [0.3, 0.4) is 0 Å². The smallest absolute Gasteiger partial charge is 0.326 e. The third kappa shape index (κ3) is 8.11. The summed E-state index contributed by atoms with van der Waals surface area (Å²) in [5.41, 5.74) is 11.3. The van der Waals surface area contributed by atoms with E-state index >= 15 is 0 Å². The molecule has 1 rings (SSSR count). The zero-order valence-electron chi connectivity index (χ0n) is 17.8. The predicted octanol–water partition coefficient (Wildman–Crippen LogP) is -0.739. The maximum absolute atomic E-state index is 12.8. The van der Waals surface area contributed by atoms with Gasteiger partial charge in [-0.2, -0.15) is 11.8 Å². The van der Waals surface area contributed by atoms with Crippen LogP contribution in [-0.4, -0.2) is 83.0 Å². The number of carbonyl (C=O) groups excluding carboxylic acids is 3. The number of likely N-dealkylation sites (tertiary alicyclic amines) is 1. The number of nitrogens with one attached hydrogen (secondary N) is 2. The Labute approximate surface area is 181 Å². The quantitative estimate of drug-likeness (QED) is 0.231. The highest BCUT2D eigenvalue weighted by atomic mass is 32.2. The molecule has 0 saturated carbocycles. The van der Waals surface area contributed by atoms with Gasteiger partial charge in [0.1, 0.15) is 18.1 Å². The van der Waals surface area contributed by atoms with Gasteiger partial charge in [0.15, 0.2) is 0 Å². The van der Waals surface area contributed by atoms with Crippen LogP contribution in [0.5, 0.6) is 0 Å². The van der Waals surface area contributed by atoms with E-state index in [1.807, 2.05) is 6.26 Å². The number of hydrogen-bond acceptors (Lipinski definition) is 7. The molecule has 3 amide bonds. The summed E-state index contributed by atoms with van der Waals surface area (Å²) in [6.07, 6.45) is 5.03. The Balaban J connectivity index is 2.68. The number of nitrogens with two attached hydrogens (primary N) is 2. The molecular weight excluding hydrogens is 410 g/mol. The second-order valence-electron chi connectivity index (χ2n) is 7.49. The van der Waals surface area contributed by atoms with E-state index in [-0.39, 0.29) is 12.3 Å². The van der Waals surface area contributed by atoms with Crippen molar-refractivity contribution in [3.8, 4) is 0 Å². The van der Waals surface area contributed by atoms with Crippen LogP contribution in [0, 0.1) is 0 Å². The van der Waals surface area contributed by atoms with Crippen molar-refractivity contribution in [1.82, 2.24) is 15.5 Å². The summed E-state index contributed by atoms with van der Waals surface area (Å²) in [4.78, 5) is 50.5. The summed E-state index contributed by atoms with van der Waals surface area (Å²) in [5.74, 6) is -1.65. The average Bonchev–Trinajstić information content (AvgIpc) is 3.20. The van der Waals surface area contributed by atoms with Crippen LogP contribution < -0.4 is 22.1 Å². The molecule has 1 aliphatic heterocycles. The zero-order chi connectivity index (χ0) is 22.7. The van der Waals surface area contributed by atoms with Gasteiger partial charge in [0.25, 0.3) is 0 Å². The van der Waals surface area contributed by atoms with Crippen molar-refractivity contribution in [3.05, 3.63) is 0 Å². The molecule has 4 atom stereocenters. The Hall–Kier alpha value is -1.85. The minimum atomic E-state index is -1.11. The normalized spacial score (nSPS) is 19.1. The van der Waals surface area contributed by atoms with E-state index in [0.717, 1.165) is 5.75 Å². The Bertz CT molecular complexity index is 606. The van der Waals surface area contributed by atoms with E-state index < -0.39 is 42.0 Å². The molecule has 0 spiro atoms. The van der Waals surface area contributed by atoms with Crippen LogP contribution in [0.4, 0.5) is 0 Å². The van der Waals surface area contributed by atoms with Crippen LogP contribution in [0.2, 0.25) is 0 Å². The SMILES string of the molecule is CSCCC(N)C(=O)NC(C)C(=O)N1CCCC1C(=O)NC(CCCCN)C(=O)O. The van der Waals surface area contributed by atoms with E-state index in [1.165, 1.54) is 4.90 Å². The largest absolute Gasteiger partial charge is 0.480 e. The van der Waals surface area contributed by atoms with Crippen molar-refractivity contribution < 1.29 is 24.3 Å². The van der Waals surface area contributed by atoms with Gasteiger partial charge in [-0.25, -0.2) is 4.79 Å². The third-order valence-electron chi connectivity index (χ3n) is 5.10. The number of nitrogens with zero attached hydrogens (tertiary/aromatic N) is 1. The fourth-order valence-corrected chi connectivity index (χ4v) is 3.82. The van der Waals surface area contributed by atoms with Gasteiger partial charge in [0, 0.05) is 6.54 Å². The van der Waals surface area contributed by atoms with Gasteiger partial charge >= 0.3 is 5.97 Å². The molecule has 10 nitrogen and oxygen atoms in total. The molecule has 1 aliphatic rings. The van der Waals surface area contributed by atoms with Gasteiger partial charge in [-0.15, -0.1) is 0 Å². The van der Waals surface area contributed by atoms with Crippen molar-refractivity contribution >= 4 is 35.5 Å². The molecule has 7 N–H and O–H groups in total. The van der Waals surface area contributed by atoms with E-state index in [2.05, 4.69) is 10.6 Å². The Kier molecular flexibility index (Phi) is 11.7. The van der Waals surface area contributed by atoms with Crippen molar-refractivity contribution in [3.63, 3.8) is 0 Å². The number of amides is 3. The molecule has 0 aromatic carbocycles. The summed E-state index contributed by atoms with van der Waals surface area (Å²) >= 11 is 1.58. The van der Waals surface area contributed by atoms with Gasteiger partial charge in [-0.05, 0) is 64.0 Å². The molecule has 30 heavy (non-hydrogen) atoms. The molecule has 0 aromatic heterocycles. The van der Waals surface area contributed by atoms with Crippen molar-refractivity contribution in [2.45, 2.75) is 69.6 Å². The maximum Gasteiger partial charge on any atom is 0.326 e. The molecule has 11 heteroatoms. The lowest BCUT2D eigenvalue weighted by Crippen LogP contribution is -2.56. The van der Waals surface area contributed by atoms with Crippen LogP contribution in [0.15, 0.2) is 0 Å². The van der Waals surface area contributed by atoms with Crippen LogP contribution in [0.1, 0.15) is 45.4 Å².